The fourth-order valence-corrected chi connectivity index (χ4v) is 3.73. The van der Waals surface area contributed by atoms with Gasteiger partial charge in [0.15, 0.2) is 0 Å². The van der Waals surface area contributed by atoms with E-state index >= 15 is 0 Å². The summed E-state index contributed by atoms with van der Waals surface area (Å²) in [6.45, 7) is 3.08. The summed E-state index contributed by atoms with van der Waals surface area (Å²) in [5.41, 5.74) is -0.980. The zero-order chi connectivity index (χ0) is 19.4. The minimum Gasteiger partial charge on any atom is -0.481 e. The van der Waals surface area contributed by atoms with Crippen molar-refractivity contribution in [2.24, 2.45) is 5.41 Å². The van der Waals surface area contributed by atoms with Crippen LogP contribution in [0.1, 0.15) is 29.1 Å². The van der Waals surface area contributed by atoms with E-state index in [0.29, 0.717) is 0 Å². The number of aliphatic carboxylic acids is 1. The number of benzene rings is 1. The van der Waals surface area contributed by atoms with E-state index in [1.54, 1.807) is 0 Å². The molecule has 1 aromatic heterocycles. The zero-order valence-corrected chi connectivity index (χ0v) is 16.0. The molecule has 2 aromatic rings. The van der Waals surface area contributed by atoms with Crippen LogP contribution in [0.2, 0.25) is 0 Å². The first-order valence-electron chi connectivity index (χ1n) is 7.75. The Kier molecular flexibility index (Phi) is 6.17. The van der Waals surface area contributed by atoms with Crippen molar-refractivity contribution in [3.05, 3.63) is 52.2 Å². The van der Waals surface area contributed by atoms with E-state index in [4.69, 9.17) is 5.11 Å². The summed E-state index contributed by atoms with van der Waals surface area (Å²) < 4.78 is 27.3. The number of carboxylic acid groups (broad SMARTS) is 1. The lowest BCUT2D eigenvalue weighted by Gasteiger charge is -2.19. The first-order chi connectivity index (χ1) is 12.1. The number of hydrogen-bond acceptors (Lipinski definition) is 5. The van der Waals surface area contributed by atoms with E-state index in [-0.39, 0.29) is 23.5 Å². The summed E-state index contributed by atoms with van der Waals surface area (Å²) in [4.78, 5) is 24.2. The number of hydrogen-bond donors (Lipinski definition) is 3. The molecule has 0 saturated carbocycles. The predicted molar refractivity (Wildman–Crippen MR) is 98.5 cm³/mol. The van der Waals surface area contributed by atoms with Crippen molar-refractivity contribution < 1.29 is 23.1 Å². The molecule has 0 saturated heterocycles. The maximum Gasteiger partial charge on any atom is 0.310 e. The van der Waals surface area contributed by atoms with Crippen molar-refractivity contribution in [2.45, 2.75) is 25.3 Å². The summed E-state index contributed by atoms with van der Waals surface area (Å²) in [7, 11) is -3.77. The largest absolute Gasteiger partial charge is 0.481 e. The fraction of sp³-hybridized carbons (Fsp3) is 0.294. The van der Waals surface area contributed by atoms with Gasteiger partial charge in [0.1, 0.15) is 0 Å². The average molecular weight is 396 g/mol. The van der Waals surface area contributed by atoms with Crippen LogP contribution in [-0.4, -0.2) is 31.9 Å². The number of rotatable bonds is 8. The molecule has 0 aliphatic rings. The first kappa shape index (κ1) is 20.1. The van der Waals surface area contributed by atoms with Gasteiger partial charge in [0.2, 0.25) is 10.0 Å². The molecule has 0 bridgehead atoms. The topological polar surface area (TPSA) is 113 Å². The Labute approximate surface area is 156 Å². The SMILES string of the molecule is CC(C)(CNC(=O)c1cccc(S(=O)(=O)NCc2cccs2)c1)C(=O)O. The monoisotopic (exact) mass is 396 g/mol. The van der Waals surface area contributed by atoms with Crippen molar-refractivity contribution in [3.8, 4) is 0 Å². The van der Waals surface area contributed by atoms with E-state index in [1.807, 2.05) is 17.5 Å². The highest BCUT2D eigenvalue weighted by atomic mass is 32.2. The van der Waals surface area contributed by atoms with Gasteiger partial charge in [-0.15, -0.1) is 11.3 Å². The van der Waals surface area contributed by atoms with E-state index in [0.717, 1.165) is 4.88 Å². The normalized spacial score (nSPS) is 11.9. The van der Waals surface area contributed by atoms with Gasteiger partial charge < -0.3 is 10.4 Å². The van der Waals surface area contributed by atoms with Crippen LogP contribution >= 0.6 is 11.3 Å². The molecule has 1 heterocycles. The van der Waals surface area contributed by atoms with E-state index < -0.39 is 27.3 Å². The average Bonchev–Trinajstić information content (AvgIpc) is 3.11. The third-order valence-corrected chi connectivity index (χ3v) is 5.97. The van der Waals surface area contributed by atoms with Crippen molar-refractivity contribution in [2.75, 3.05) is 6.54 Å². The number of amides is 1. The van der Waals surface area contributed by atoms with Gasteiger partial charge in [0, 0.05) is 23.5 Å². The van der Waals surface area contributed by atoms with E-state index in [2.05, 4.69) is 10.0 Å². The number of carbonyl (C=O) groups is 2. The standard InChI is InChI=1S/C17H20N2O5S2/c1-17(2,16(21)22)11-18-15(20)12-5-3-7-14(9-12)26(23,24)19-10-13-6-4-8-25-13/h3-9,19H,10-11H2,1-2H3,(H,18,20)(H,21,22). The van der Waals surface area contributed by atoms with Crippen molar-refractivity contribution in [1.29, 1.82) is 0 Å². The van der Waals surface area contributed by atoms with Crippen LogP contribution < -0.4 is 10.0 Å². The Morgan fingerprint density at radius 3 is 2.54 bits per heavy atom. The van der Waals surface area contributed by atoms with Gasteiger partial charge in [0.25, 0.3) is 5.91 Å². The quantitative estimate of drug-likeness (QED) is 0.632. The summed E-state index contributed by atoms with van der Waals surface area (Å²) in [5.74, 6) is -1.57. The summed E-state index contributed by atoms with van der Waals surface area (Å²) in [5, 5.41) is 13.4. The molecule has 3 N–H and O–H groups in total. The Bertz CT molecular complexity index is 890. The minimum absolute atomic E-state index is 0.0285. The molecule has 0 spiro atoms. The van der Waals surface area contributed by atoms with Crippen LogP contribution in [-0.2, 0) is 21.4 Å². The second kappa shape index (κ2) is 7.98. The third kappa shape index (κ3) is 5.13. The molecule has 0 aliphatic heterocycles. The number of nitrogens with one attached hydrogen (secondary N) is 2. The molecule has 26 heavy (non-hydrogen) atoms. The number of sulfonamides is 1. The molecular weight excluding hydrogens is 376 g/mol. The molecule has 140 valence electrons. The molecule has 2 rings (SSSR count). The highest BCUT2D eigenvalue weighted by Gasteiger charge is 2.27. The summed E-state index contributed by atoms with van der Waals surface area (Å²) in [6, 6.07) is 9.26. The van der Waals surface area contributed by atoms with Crippen LogP contribution in [0.3, 0.4) is 0 Å². The lowest BCUT2D eigenvalue weighted by atomic mass is 9.94. The maximum absolute atomic E-state index is 12.4. The minimum atomic E-state index is -3.77. The molecular formula is C17H20N2O5S2. The summed E-state index contributed by atoms with van der Waals surface area (Å²) >= 11 is 1.44. The van der Waals surface area contributed by atoms with Gasteiger partial charge in [0.05, 0.1) is 10.3 Å². The third-order valence-electron chi connectivity index (χ3n) is 3.69. The zero-order valence-electron chi connectivity index (χ0n) is 14.4. The molecule has 7 nitrogen and oxygen atoms in total. The Morgan fingerprint density at radius 2 is 1.92 bits per heavy atom. The Balaban J connectivity index is 2.08. The van der Waals surface area contributed by atoms with Crippen molar-refractivity contribution in [3.63, 3.8) is 0 Å². The maximum atomic E-state index is 12.4. The highest BCUT2D eigenvalue weighted by Crippen LogP contribution is 2.16. The smallest absolute Gasteiger partial charge is 0.310 e. The fourth-order valence-electron chi connectivity index (χ4n) is 1.95. The van der Waals surface area contributed by atoms with Crippen molar-refractivity contribution >= 4 is 33.2 Å². The van der Waals surface area contributed by atoms with Crippen LogP contribution in [0.4, 0.5) is 0 Å². The first-order valence-corrected chi connectivity index (χ1v) is 10.1. The van der Waals surface area contributed by atoms with Gasteiger partial charge in [-0.2, -0.15) is 0 Å². The van der Waals surface area contributed by atoms with Gasteiger partial charge in [-0.3, -0.25) is 9.59 Å². The van der Waals surface area contributed by atoms with Crippen LogP contribution in [0.15, 0.2) is 46.7 Å². The van der Waals surface area contributed by atoms with Crippen LogP contribution in [0.5, 0.6) is 0 Å². The lowest BCUT2D eigenvalue weighted by molar-refractivity contribution is -0.146. The Hall–Kier alpha value is -2.23. The second-order valence-corrected chi connectivity index (χ2v) is 9.10. The predicted octanol–water partition coefficient (Wildman–Crippen LogP) is 2.07. The molecule has 0 atom stereocenters. The summed E-state index contributed by atoms with van der Waals surface area (Å²) in [6.07, 6.45) is 0. The number of carboxylic acids is 1. The highest BCUT2D eigenvalue weighted by molar-refractivity contribution is 7.89. The number of thiophene rings is 1. The second-order valence-electron chi connectivity index (χ2n) is 6.30. The molecule has 1 aromatic carbocycles. The van der Waals surface area contributed by atoms with Crippen LogP contribution in [0.25, 0.3) is 0 Å². The van der Waals surface area contributed by atoms with E-state index in [1.165, 1.54) is 49.4 Å². The van der Waals surface area contributed by atoms with Gasteiger partial charge in [-0.25, -0.2) is 13.1 Å². The van der Waals surface area contributed by atoms with Crippen LogP contribution in [0, 0.1) is 5.41 Å². The van der Waals surface area contributed by atoms with Gasteiger partial charge >= 0.3 is 5.97 Å². The lowest BCUT2D eigenvalue weighted by Crippen LogP contribution is -2.39. The number of carbonyl (C=O) groups excluding carboxylic acids is 1. The molecule has 0 radical (unpaired) electrons. The molecule has 1 amide bonds. The Morgan fingerprint density at radius 1 is 1.19 bits per heavy atom. The molecule has 9 heteroatoms. The van der Waals surface area contributed by atoms with E-state index in [9.17, 15) is 18.0 Å². The molecule has 0 aliphatic carbocycles. The van der Waals surface area contributed by atoms with Crippen molar-refractivity contribution in [1.82, 2.24) is 10.0 Å². The molecule has 0 unspecified atom stereocenters. The van der Waals surface area contributed by atoms with Gasteiger partial charge in [-0.05, 0) is 43.5 Å². The molecule has 0 fully saturated rings. The van der Waals surface area contributed by atoms with Gasteiger partial charge in [-0.1, -0.05) is 12.1 Å².